The summed E-state index contributed by atoms with van der Waals surface area (Å²) in [5.41, 5.74) is 2.89. The van der Waals surface area contributed by atoms with Crippen LogP contribution in [-0.4, -0.2) is 23.5 Å². The largest absolute Gasteiger partial charge is 0.462 e. The quantitative estimate of drug-likeness (QED) is 0.316. The molecule has 4 rings (SSSR count). The molecule has 0 aliphatic carbocycles. The topological polar surface area (TPSA) is 68.3 Å². The summed E-state index contributed by atoms with van der Waals surface area (Å²) in [4.78, 5) is 30.6. The van der Waals surface area contributed by atoms with Crippen molar-refractivity contribution in [1.82, 2.24) is 4.98 Å². The summed E-state index contributed by atoms with van der Waals surface area (Å²) >= 11 is 6.16. The van der Waals surface area contributed by atoms with E-state index in [0.29, 0.717) is 19.9 Å². The van der Waals surface area contributed by atoms with Crippen molar-refractivity contribution in [3.05, 3.63) is 69.0 Å². The first-order valence-electron chi connectivity index (χ1n) is 9.22. The number of rotatable bonds is 5. The zero-order valence-corrected chi connectivity index (χ0v) is 19.4. The number of nitrogens with zero attached hydrogens (tertiary/aromatic N) is 1. The van der Waals surface area contributed by atoms with Gasteiger partial charge < -0.3 is 10.1 Å². The average Bonchev–Trinajstić information content (AvgIpc) is 3.29. The third-order valence-electron chi connectivity index (χ3n) is 4.46. The van der Waals surface area contributed by atoms with E-state index in [0.717, 1.165) is 26.4 Å². The Morgan fingerprint density at radius 3 is 2.57 bits per heavy atom. The first-order chi connectivity index (χ1) is 14.5. The monoisotopic (exact) mass is 500 g/mol. The number of para-hydroxylation sites is 1. The molecular weight excluding hydrogens is 484 g/mol. The lowest BCUT2D eigenvalue weighted by Crippen LogP contribution is -2.12. The maximum Gasteiger partial charge on any atom is 0.348 e. The Morgan fingerprint density at radius 1 is 1.10 bits per heavy atom. The predicted molar refractivity (Wildman–Crippen MR) is 126 cm³/mol. The van der Waals surface area contributed by atoms with E-state index in [1.165, 1.54) is 22.7 Å². The van der Waals surface area contributed by atoms with Crippen molar-refractivity contribution in [3.63, 3.8) is 0 Å². The van der Waals surface area contributed by atoms with E-state index >= 15 is 0 Å². The van der Waals surface area contributed by atoms with Crippen LogP contribution >= 0.6 is 38.6 Å². The molecular formula is C22H17BrN2O3S2. The molecule has 2 aromatic carbocycles. The molecule has 0 unspecified atom stereocenters. The van der Waals surface area contributed by atoms with Crippen LogP contribution < -0.4 is 5.32 Å². The second-order valence-electron chi connectivity index (χ2n) is 6.40. The van der Waals surface area contributed by atoms with Gasteiger partial charge in [0.1, 0.15) is 14.9 Å². The summed E-state index contributed by atoms with van der Waals surface area (Å²) in [7, 11) is 0. The van der Waals surface area contributed by atoms with Crippen LogP contribution in [0.2, 0.25) is 0 Å². The molecule has 0 spiro atoms. The minimum absolute atomic E-state index is 0.263. The number of benzene rings is 2. The van der Waals surface area contributed by atoms with Crippen LogP contribution in [0.4, 0.5) is 5.00 Å². The average molecular weight is 501 g/mol. The molecule has 5 nitrogen and oxygen atoms in total. The van der Waals surface area contributed by atoms with Crippen molar-refractivity contribution in [2.24, 2.45) is 0 Å². The number of anilines is 1. The number of esters is 1. The first-order valence-corrected chi connectivity index (χ1v) is 11.6. The number of amides is 1. The highest BCUT2D eigenvalue weighted by Gasteiger charge is 2.25. The smallest absolute Gasteiger partial charge is 0.348 e. The number of ether oxygens (including phenoxy) is 1. The third-order valence-corrected chi connectivity index (χ3v) is 7.39. The highest BCUT2D eigenvalue weighted by Crippen LogP contribution is 2.43. The van der Waals surface area contributed by atoms with Crippen molar-refractivity contribution >= 4 is 65.7 Å². The summed E-state index contributed by atoms with van der Waals surface area (Å²) in [6, 6.07) is 15.1. The third kappa shape index (κ3) is 3.90. The van der Waals surface area contributed by atoms with Crippen LogP contribution in [0.15, 0.2) is 53.0 Å². The van der Waals surface area contributed by atoms with Gasteiger partial charge in [0, 0.05) is 10.0 Å². The summed E-state index contributed by atoms with van der Waals surface area (Å²) in [6.45, 7) is 3.91. The van der Waals surface area contributed by atoms with Crippen molar-refractivity contribution in [1.29, 1.82) is 0 Å². The highest BCUT2D eigenvalue weighted by molar-refractivity contribution is 9.10. The number of thiophene rings is 1. The lowest BCUT2D eigenvalue weighted by atomic mass is 10.1. The van der Waals surface area contributed by atoms with E-state index in [1.807, 2.05) is 43.3 Å². The number of thiazole rings is 1. The molecule has 1 amide bonds. The number of hydrogen-bond acceptors (Lipinski definition) is 6. The van der Waals surface area contributed by atoms with E-state index in [9.17, 15) is 9.59 Å². The molecule has 4 aromatic rings. The van der Waals surface area contributed by atoms with Crippen LogP contribution in [0, 0.1) is 6.92 Å². The van der Waals surface area contributed by atoms with Crippen molar-refractivity contribution < 1.29 is 14.3 Å². The summed E-state index contributed by atoms with van der Waals surface area (Å²) < 4.78 is 6.95. The molecule has 2 heterocycles. The molecule has 2 aromatic heterocycles. The van der Waals surface area contributed by atoms with E-state index in [4.69, 9.17) is 9.72 Å². The standard InChI is InChI=1S/C22H17BrN2O3S2/c1-3-28-22(27)18-12(2)17(20-24-15-10-6-7-11-16(15)29-20)21(30-18)25-19(26)13-8-4-5-9-14(13)23/h4-11H,3H2,1-2H3,(H,25,26). The number of aromatic nitrogens is 1. The molecule has 0 saturated carbocycles. The van der Waals surface area contributed by atoms with Gasteiger partial charge >= 0.3 is 5.97 Å². The van der Waals surface area contributed by atoms with Gasteiger partial charge in [0.25, 0.3) is 5.91 Å². The molecule has 0 aliphatic heterocycles. The molecule has 1 N–H and O–H groups in total. The summed E-state index contributed by atoms with van der Waals surface area (Å²) in [5.74, 6) is -0.662. The fraction of sp³-hybridized carbons (Fsp3) is 0.136. The highest BCUT2D eigenvalue weighted by atomic mass is 79.9. The fourth-order valence-electron chi connectivity index (χ4n) is 3.05. The molecule has 0 saturated heterocycles. The molecule has 0 atom stereocenters. The normalized spacial score (nSPS) is 10.9. The molecule has 0 aliphatic rings. The van der Waals surface area contributed by atoms with Gasteiger partial charge in [0.15, 0.2) is 0 Å². The van der Waals surface area contributed by atoms with Gasteiger partial charge in [-0.15, -0.1) is 22.7 Å². The second-order valence-corrected chi connectivity index (χ2v) is 9.31. The van der Waals surface area contributed by atoms with E-state index in [2.05, 4.69) is 21.2 Å². The number of carbonyl (C=O) groups is 2. The zero-order chi connectivity index (χ0) is 21.3. The van der Waals surface area contributed by atoms with Gasteiger partial charge in [-0.3, -0.25) is 4.79 Å². The number of fused-ring (bicyclic) bond motifs is 1. The second kappa shape index (κ2) is 8.67. The SMILES string of the molecule is CCOC(=O)c1sc(NC(=O)c2ccccc2Br)c(-c2nc3ccccc3s2)c1C. The Hall–Kier alpha value is -2.55. The number of nitrogens with one attached hydrogen (secondary N) is 1. The minimum Gasteiger partial charge on any atom is -0.462 e. The predicted octanol–water partition coefficient (Wildman–Crippen LogP) is 6.52. The van der Waals surface area contributed by atoms with Crippen LogP contribution in [0.5, 0.6) is 0 Å². The van der Waals surface area contributed by atoms with Crippen molar-refractivity contribution in [2.75, 3.05) is 11.9 Å². The zero-order valence-electron chi connectivity index (χ0n) is 16.2. The van der Waals surface area contributed by atoms with Crippen LogP contribution in [-0.2, 0) is 4.74 Å². The Bertz CT molecular complexity index is 1230. The van der Waals surface area contributed by atoms with Crippen molar-refractivity contribution in [2.45, 2.75) is 13.8 Å². The lowest BCUT2D eigenvalue weighted by molar-refractivity contribution is 0.0531. The van der Waals surface area contributed by atoms with Crippen LogP contribution in [0.1, 0.15) is 32.5 Å². The Balaban J connectivity index is 1.82. The summed E-state index contributed by atoms with van der Waals surface area (Å²) in [6.07, 6.45) is 0. The van der Waals surface area contributed by atoms with Crippen LogP contribution in [0.3, 0.4) is 0 Å². The molecule has 8 heteroatoms. The molecule has 0 fully saturated rings. The van der Waals surface area contributed by atoms with Gasteiger partial charge in [0.2, 0.25) is 0 Å². The Kier molecular flexibility index (Phi) is 5.99. The van der Waals surface area contributed by atoms with Gasteiger partial charge in [-0.25, -0.2) is 9.78 Å². The van der Waals surface area contributed by atoms with E-state index < -0.39 is 5.97 Å². The van der Waals surface area contributed by atoms with E-state index in [-0.39, 0.29) is 12.5 Å². The van der Waals surface area contributed by atoms with Gasteiger partial charge in [-0.1, -0.05) is 24.3 Å². The molecule has 0 bridgehead atoms. The maximum atomic E-state index is 12.9. The van der Waals surface area contributed by atoms with Crippen LogP contribution in [0.25, 0.3) is 20.8 Å². The number of carbonyl (C=O) groups excluding carboxylic acids is 2. The minimum atomic E-state index is -0.399. The van der Waals surface area contributed by atoms with Gasteiger partial charge in [-0.05, 0) is 59.6 Å². The Labute approximate surface area is 189 Å². The van der Waals surface area contributed by atoms with Crippen molar-refractivity contribution in [3.8, 4) is 10.6 Å². The lowest BCUT2D eigenvalue weighted by Gasteiger charge is -2.07. The van der Waals surface area contributed by atoms with Gasteiger partial charge in [0.05, 0.1) is 22.4 Å². The molecule has 152 valence electrons. The molecule has 0 radical (unpaired) electrons. The van der Waals surface area contributed by atoms with Gasteiger partial charge in [-0.2, -0.15) is 0 Å². The number of halogens is 1. The van der Waals surface area contributed by atoms with E-state index in [1.54, 1.807) is 19.1 Å². The summed E-state index contributed by atoms with van der Waals surface area (Å²) in [5, 5.41) is 4.31. The number of hydrogen-bond donors (Lipinski definition) is 1. The molecule has 30 heavy (non-hydrogen) atoms. The maximum absolute atomic E-state index is 12.9. The first kappa shape index (κ1) is 20.7. The Morgan fingerprint density at radius 2 is 1.83 bits per heavy atom. The fourth-order valence-corrected chi connectivity index (χ4v) is 5.75.